The molecule has 1 saturated heterocycles. The summed E-state index contributed by atoms with van der Waals surface area (Å²) in [6.07, 6.45) is 0.988. The quantitative estimate of drug-likeness (QED) is 0.541. The van der Waals surface area contributed by atoms with Gasteiger partial charge in [-0.05, 0) is 47.2 Å². The molecule has 2 aliphatic heterocycles. The summed E-state index contributed by atoms with van der Waals surface area (Å²) in [6.45, 7) is 2.57. The molecule has 0 radical (unpaired) electrons. The number of ether oxygens (including phenoxy) is 1. The van der Waals surface area contributed by atoms with E-state index in [0.717, 1.165) is 17.5 Å². The number of rotatable bonds is 5. The van der Waals surface area contributed by atoms with Gasteiger partial charge in [-0.1, -0.05) is 73.7 Å². The highest BCUT2D eigenvalue weighted by atomic mass is 16.6. The first-order valence-electron chi connectivity index (χ1n) is 12.1. The number of imide groups is 1. The summed E-state index contributed by atoms with van der Waals surface area (Å²) in [5.74, 6) is -0.247. The second-order valence-corrected chi connectivity index (χ2v) is 9.01. The number of hydrogen-bond acceptors (Lipinski definition) is 4. The zero-order valence-electron chi connectivity index (χ0n) is 19.7. The van der Waals surface area contributed by atoms with Crippen LogP contribution in [0.25, 0.3) is 0 Å². The molecule has 2 atom stereocenters. The Labute approximate surface area is 205 Å². The van der Waals surface area contributed by atoms with Crippen LogP contribution in [0.1, 0.15) is 52.0 Å². The Bertz CT molecular complexity index is 1240. The van der Waals surface area contributed by atoms with E-state index in [2.05, 4.69) is 30.3 Å². The number of hydrogen-bond donors (Lipinski definition) is 0. The Hall–Kier alpha value is -3.93. The van der Waals surface area contributed by atoms with Crippen LogP contribution in [0.4, 0.5) is 4.79 Å². The van der Waals surface area contributed by atoms with E-state index in [0.29, 0.717) is 18.5 Å². The van der Waals surface area contributed by atoms with Crippen LogP contribution in [0.5, 0.6) is 0 Å². The van der Waals surface area contributed by atoms with E-state index in [4.69, 9.17) is 4.74 Å². The van der Waals surface area contributed by atoms with Gasteiger partial charge in [0.2, 0.25) is 5.91 Å². The molecule has 0 aromatic heterocycles. The molecule has 0 N–H and O–H groups in total. The van der Waals surface area contributed by atoms with Crippen molar-refractivity contribution in [2.24, 2.45) is 0 Å². The van der Waals surface area contributed by atoms with Crippen LogP contribution >= 0.6 is 0 Å². The van der Waals surface area contributed by atoms with Crippen LogP contribution in [-0.2, 0) is 22.4 Å². The zero-order valence-corrected chi connectivity index (χ0v) is 19.7. The van der Waals surface area contributed by atoms with Crippen LogP contribution in [0.2, 0.25) is 0 Å². The van der Waals surface area contributed by atoms with Gasteiger partial charge in [0.15, 0.2) is 0 Å². The molecule has 0 unspecified atom stereocenters. The summed E-state index contributed by atoms with van der Waals surface area (Å²) in [6, 6.07) is 25.5. The van der Waals surface area contributed by atoms with Crippen LogP contribution < -0.4 is 0 Å². The van der Waals surface area contributed by atoms with E-state index >= 15 is 0 Å². The summed E-state index contributed by atoms with van der Waals surface area (Å²) in [5, 5.41) is 0. The molecule has 3 amide bonds. The van der Waals surface area contributed by atoms with Gasteiger partial charge in [0, 0.05) is 18.5 Å². The smallest absolute Gasteiger partial charge is 0.416 e. The lowest BCUT2D eigenvalue weighted by Crippen LogP contribution is -2.40. The minimum atomic E-state index is -0.578. The Morgan fingerprint density at radius 2 is 1.66 bits per heavy atom. The van der Waals surface area contributed by atoms with Crippen molar-refractivity contribution in [3.63, 3.8) is 0 Å². The topological polar surface area (TPSA) is 66.9 Å². The molecular weight excluding hydrogens is 440 g/mol. The van der Waals surface area contributed by atoms with Gasteiger partial charge in [-0.3, -0.25) is 9.59 Å². The Morgan fingerprint density at radius 3 is 2.40 bits per heavy atom. The monoisotopic (exact) mass is 468 g/mol. The SMILES string of the molecule is CCC(=O)N1C(=O)OC[C@H]1Cc1ccc(C(=O)N2CCc3ccccc3[C@@H]2c2ccccc2)cc1. The highest BCUT2D eigenvalue weighted by molar-refractivity contribution is 5.95. The average molecular weight is 469 g/mol. The first kappa shape index (κ1) is 22.8. The van der Waals surface area contributed by atoms with Crippen LogP contribution in [0, 0.1) is 0 Å². The fraction of sp³-hybridized carbons (Fsp3) is 0.276. The lowest BCUT2D eigenvalue weighted by molar-refractivity contribution is -0.128. The van der Waals surface area contributed by atoms with Crippen molar-refractivity contribution in [3.8, 4) is 0 Å². The van der Waals surface area contributed by atoms with Gasteiger partial charge in [0.05, 0.1) is 12.1 Å². The number of amides is 3. The second-order valence-electron chi connectivity index (χ2n) is 9.01. The van der Waals surface area contributed by atoms with Gasteiger partial charge in [0.25, 0.3) is 5.91 Å². The molecule has 6 heteroatoms. The van der Waals surface area contributed by atoms with E-state index in [9.17, 15) is 14.4 Å². The summed E-state index contributed by atoms with van der Waals surface area (Å²) in [4.78, 5) is 41.0. The highest BCUT2D eigenvalue weighted by Gasteiger charge is 2.37. The maximum Gasteiger partial charge on any atom is 0.416 e. The van der Waals surface area contributed by atoms with Crippen molar-refractivity contribution in [1.29, 1.82) is 0 Å². The van der Waals surface area contributed by atoms with Crippen LogP contribution in [0.15, 0.2) is 78.9 Å². The van der Waals surface area contributed by atoms with E-state index in [1.807, 2.05) is 53.4 Å². The van der Waals surface area contributed by atoms with E-state index in [1.165, 1.54) is 16.0 Å². The standard InChI is InChI=1S/C29H28N2O4/c1-2-26(32)31-24(19-35-29(31)34)18-20-12-14-23(15-13-20)28(33)30-17-16-21-8-6-7-11-25(21)27(30)22-9-4-3-5-10-22/h3-15,24,27H,2,16-19H2,1H3/t24-,27+/m1/s1. The molecule has 0 saturated carbocycles. The molecule has 2 heterocycles. The van der Waals surface area contributed by atoms with Crippen molar-refractivity contribution in [2.45, 2.75) is 38.3 Å². The maximum atomic E-state index is 13.7. The lowest BCUT2D eigenvalue weighted by atomic mass is 9.87. The third kappa shape index (κ3) is 4.44. The average Bonchev–Trinajstić information content (AvgIpc) is 3.27. The minimum absolute atomic E-state index is 0.0120. The summed E-state index contributed by atoms with van der Waals surface area (Å²) in [7, 11) is 0. The van der Waals surface area contributed by atoms with Crippen LogP contribution in [-0.4, -0.2) is 46.9 Å². The van der Waals surface area contributed by atoms with Gasteiger partial charge in [-0.2, -0.15) is 0 Å². The summed E-state index contributed by atoms with van der Waals surface area (Å²) < 4.78 is 5.10. The highest BCUT2D eigenvalue weighted by Crippen LogP contribution is 2.36. The number of carbonyl (C=O) groups is 3. The third-order valence-corrected chi connectivity index (χ3v) is 6.86. The fourth-order valence-corrected chi connectivity index (χ4v) is 5.09. The molecule has 6 nitrogen and oxygen atoms in total. The Balaban J connectivity index is 1.37. The first-order chi connectivity index (χ1) is 17.1. The third-order valence-electron chi connectivity index (χ3n) is 6.86. The first-order valence-corrected chi connectivity index (χ1v) is 12.1. The Morgan fingerprint density at radius 1 is 0.943 bits per heavy atom. The molecule has 0 bridgehead atoms. The largest absolute Gasteiger partial charge is 0.447 e. The normalized spacial score (nSPS) is 19.3. The molecule has 5 rings (SSSR count). The van der Waals surface area contributed by atoms with Crippen LogP contribution in [0.3, 0.4) is 0 Å². The van der Waals surface area contributed by atoms with Gasteiger partial charge in [-0.25, -0.2) is 9.69 Å². The maximum absolute atomic E-state index is 13.7. The number of fused-ring (bicyclic) bond motifs is 1. The number of carbonyl (C=O) groups excluding carboxylic acids is 3. The fourth-order valence-electron chi connectivity index (χ4n) is 5.09. The van der Waals surface area contributed by atoms with Crippen molar-refractivity contribution < 1.29 is 19.1 Å². The van der Waals surface area contributed by atoms with Crippen molar-refractivity contribution in [3.05, 3.63) is 107 Å². The molecule has 1 fully saturated rings. The summed E-state index contributed by atoms with van der Waals surface area (Å²) in [5.41, 5.74) is 5.11. The van der Waals surface area contributed by atoms with Gasteiger partial charge in [0.1, 0.15) is 6.61 Å². The molecule has 3 aromatic rings. The van der Waals surface area contributed by atoms with Crippen molar-refractivity contribution in [2.75, 3.05) is 13.2 Å². The molecule has 2 aliphatic rings. The van der Waals surface area contributed by atoms with Gasteiger partial charge >= 0.3 is 6.09 Å². The minimum Gasteiger partial charge on any atom is -0.447 e. The molecule has 178 valence electrons. The predicted molar refractivity (Wildman–Crippen MR) is 132 cm³/mol. The number of cyclic esters (lactones) is 1. The molecule has 0 spiro atoms. The van der Waals surface area contributed by atoms with E-state index in [-0.39, 0.29) is 36.9 Å². The Kier molecular flexibility index (Phi) is 6.36. The number of nitrogens with zero attached hydrogens (tertiary/aromatic N) is 2. The number of benzene rings is 3. The van der Waals surface area contributed by atoms with Gasteiger partial charge < -0.3 is 9.64 Å². The van der Waals surface area contributed by atoms with Crippen molar-refractivity contribution >= 4 is 17.9 Å². The lowest BCUT2D eigenvalue weighted by Gasteiger charge is -2.38. The molecule has 35 heavy (non-hydrogen) atoms. The second kappa shape index (κ2) is 9.74. The molecular formula is C29H28N2O4. The van der Waals surface area contributed by atoms with E-state index in [1.54, 1.807) is 6.92 Å². The molecule has 0 aliphatic carbocycles. The van der Waals surface area contributed by atoms with E-state index < -0.39 is 6.09 Å². The van der Waals surface area contributed by atoms with Gasteiger partial charge in [-0.15, -0.1) is 0 Å². The van der Waals surface area contributed by atoms with Crippen molar-refractivity contribution in [1.82, 2.24) is 9.80 Å². The predicted octanol–water partition coefficient (Wildman–Crippen LogP) is 4.77. The molecule has 3 aromatic carbocycles. The zero-order chi connectivity index (χ0) is 24.4. The summed E-state index contributed by atoms with van der Waals surface area (Å²) >= 11 is 0.